The molecule has 0 heterocycles. The van der Waals surface area contributed by atoms with E-state index in [-0.39, 0.29) is 42.1 Å². The molecule has 0 spiro atoms. The smallest absolute Gasteiger partial charge is 0.464 e. The molecule has 0 aliphatic heterocycles. The van der Waals surface area contributed by atoms with Crippen molar-refractivity contribution in [2.45, 2.75) is 19.0 Å². The van der Waals surface area contributed by atoms with Crippen LogP contribution in [-0.2, 0) is 4.84 Å². The summed E-state index contributed by atoms with van der Waals surface area (Å²) in [6, 6.07) is 5.96. The van der Waals surface area contributed by atoms with Crippen molar-refractivity contribution in [3.63, 3.8) is 0 Å². The van der Waals surface area contributed by atoms with E-state index in [9.17, 15) is 22.8 Å². The molecule has 27 heavy (non-hydrogen) atoms. The monoisotopic (exact) mass is 393 g/mol. The number of quaternary nitrogens is 1. The molecule has 0 aliphatic carbocycles. The number of carboxylic acids is 1. The second-order valence-corrected chi connectivity index (χ2v) is 6.60. The van der Waals surface area contributed by atoms with Gasteiger partial charge in [-0.05, 0) is 18.6 Å². The summed E-state index contributed by atoms with van der Waals surface area (Å²) in [6.45, 7) is -0.310. The van der Waals surface area contributed by atoms with Gasteiger partial charge in [0.1, 0.15) is 39.1 Å². The van der Waals surface area contributed by atoms with E-state index in [1.54, 1.807) is 33.3 Å². The van der Waals surface area contributed by atoms with Crippen molar-refractivity contribution < 1.29 is 42.1 Å². The Morgan fingerprint density at radius 2 is 1.78 bits per heavy atom. The number of halogens is 3. The van der Waals surface area contributed by atoms with Gasteiger partial charge in [0.2, 0.25) is 0 Å². The molecular formula is C17H24F3N2O5+. The number of hydroxylamine groups is 3. The van der Waals surface area contributed by atoms with Crippen molar-refractivity contribution in [3.05, 3.63) is 29.8 Å². The van der Waals surface area contributed by atoms with E-state index < -0.39 is 24.7 Å². The Kier molecular flexibility index (Phi) is 7.89. The van der Waals surface area contributed by atoms with E-state index in [1.807, 2.05) is 0 Å². The highest BCUT2D eigenvalue weighted by molar-refractivity contribution is 5.90. The number of amides is 1. The summed E-state index contributed by atoms with van der Waals surface area (Å²) < 4.78 is 42.3. The number of alkyl halides is 3. The third kappa shape index (κ3) is 9.13. The number of nitrogens with zero attached hydrogens (tertiary/aromatic N) is 2. The van der Waals surface area contributed by atoms with Gasteiger partial charge in [-0.1, -0.05) is 12.1 Å². The van der Waals surface area contributed by atoms with Crippen LogP contribution in [0, 0.1) is 0 Å². The van der Waals surface area contributed by atoms with E-state index in [4.69, 9.17) is 14.7 Å². The number of para-hydroxylation sites is 1. The van der Waals surface area contributed by atoms with Crippen molar-refractivity contribution in [2.24, 2.45) is 0 Å². The van der Waals surface area contributed by atoms with E-state index in [1.165, 1.54) is 12.1 Å². The number of aromatic carboxylic acids is 1. The van der Waals surface area contributed by atoms with Crippen LogP contribution < -0.4 is 4.74 Å². The molecule has 0 unspecified atom stereocenters. The Labute approximate surface area is 155 Å². The predicted octanol–water partition coefficient (Wildman–Crippen LogP) is 3.17. The SMILES string of the molecule is C[N+](C)(C)OC(=O)N(CCCC(F)(F)F)CCOc1ccccc1C(=O)O. The lowest BCUT2D eigenvalue weighted by Crippen LogP contribution is -2.44. The van der Waals surface area contributed by atoms with Crippen LogP contribution in [0.25, 0.3) is 0 Å². The predicted molar refractivity (Wildman–Crippen MR) is 90.3 cm³/mol. The molecule has 7 nitrogen and oxygen atoms in total. The minimum atomic E-state index is -4.31. The van der Waals surface area contributed by atoms with Crippen LogP contribution in [0.2, 0.25) is 0 Å². The van der Waals surface area contributed by atoms with Crippen LogP contribution in [0.4, 0.5) is 18.0 Å². The topological polar surface area (TPSA) is 76.1 Å². The minimum Gasteiger partial charge on any atom is -0.491 e. The standard InChI is InChI=1S/C17H23F3N2O5/c1-22(2,3)27-16(25)21(10-6-9-17(18,19)20)11-12-26-14-8-5-4-7-13(14)15(23)24/h4-5,7-8H,6,9-12H2,1-3H3/p+1. The highest BCUT2D eigenvalue weighted by Gasteiger charge is 2.28. The van der Waals surface area contributed by atoms with Crippen molar-refractivity contribution >= 4 is 12.1 Å². The van der Waals surface area contributed by atoms with E-state index in [0.29, 0.717) is 0 Å². The molecule has 1 amide bonds. The van der Waals surface area contributed by atoms with Crippen molar-refractivity contribution in [1.29, 1.82) is 0 Å². The third-order valence-electron chi connectivity index (χ3n) is 3.23. The van der Waals surface area contributed by atoms with Gasteiger partial charge < -0.3 is 14.7 Å². The second kappa shape index (κ2) is 9.45. The summed E-state index contributed by atoms with van der Waals surface area (Å²) >= 11 is 0. The fourth-order valence-corrected chi connectivity index (χ4v) is 2.09. The highest BCUT2D eigenvalue weighted by Crippen LogP contribution is 2.22. The lowest BCUT2D eigenvalue weighted by Gasteiger charge is -2.27. The summed E-state index contributed by atoms with van der Waals surface area (Å²) in [6.07, 6.45) is -6.39. The van der Waals surface area contributed by atoms with E-state index in [0.717, 1.165) is 4.90 Å². The Morgan fingerprint density at radius 1 is 1.15 bits per heavy atom. The molecule has 1 N–H and O–H groups in total. The summed E-state index contributed by atoms with van der Waals surface area (Å²) in [4.78, 5) is 29.6. The van der Waals surface area contributed by atoms with Crippen LogP contribution in [0.5, 0.6) is 5.75 Å². The van der Waals surface area contributed by atoms with Gasteiger partial charge in [0.25, 0.3) is 0 Å². The lowest BCUT2D eigenvalue weighted by molar-refractivity contribution is -1.04. The number of benzene rings is 1. The first kappa shape index (κ1) is 22.6. The Morgan fingerprint density at radius 3 is 2.33 bits per heavy atom. The average molecular weight is 393 g/mol. The van der Waals surface area contributed by atoms with Gasteiger partial charge in [-0.15, -0.1) is 4.65 Å². The van der Waals surface area contributed by atoms with Gasteiger partial charge in [-0.25, -0.2) is 9.59 Å². The average Bonchev–Trinajstić information content (AvgIpc) is 2.50. The molecule has 152 valence electrons. The lowest BCUT2D eigenvalue weighted by atomic mass is 10.2. The molecule has 0 radical (unpaired) electrons. The van der Waals surface area contributed by atoms with Crippen molar-refractivity contribution in [1.82, 2.24) is 4.90 Å². The van der Waals surface area contributed by atoms with Gasteiger partial charge in [-0.2, -0.15) is 13.2 Å². The molecule has 0 saturated heterocycles. The van der Waals surface area contributed by atoms with Gasteiger partial charge in [0.15, 0.2) is 0 Å². The molecule has 0 aromatic heterocycles. The molecule has 0 fully saturated rings. The molecule has 0 bridgehead atoms. The van der Waals surface area contributed by atoms with Crippen LogP contribution in [0.15, 0.2) is 24.3 Å². The Hall–Kier alpha value is -2.49. The first-order valence-electron chi connectivity index (χ1n) is 8.21. The molecule has 1 rings (SSSR count). The number of carboxylic acid groups (broad SMARTS) is 1. The third-order valence-corrected chi connectivity index (χ3v) is 3.23. The Bertz CT molecular complexity index is 644. The number of hydrogen-bond acceptors (Lipinski definition) is 4. The van der Waals surface area contributed by atoms with Gasteiger partial charge in [-0.3, -0.25) is 4.84 Å². The van der Waals surface area contributed by atoms with Crippen molar-refractivity contribution in [2.75, 3.05) is 40.8 Å². The zero-order chi connectivity index (χ0) is 20.7. The first-order valence-corrected chi connectivity index (χ1v) is 8.21. The number of rotatable bonds is 9. The zero-order valence-electron chi connectivity index (χ0n) is 15.5. The Balaban J connectivity index is 2.70. The molecule has 0 aliphatic rings. The second-order valence-electron chi connectivity index (χ2n) is 6.60. The molecule has 1 aromatic carbocycles. The summed E-state index contributed by atoms with van der Waals surface area (Å²) in [5.74, 6) is -1.06. The van der Waals surface area contributed by atoms with Crippen LogP contribution in [-0.4, -0.2) is 73.7 Å². The van der Waals surface area contributed by atoms with Crippen LogP contribution >= 0.6 is 0 Å². The normalized spacial score (nSPS) is 11.8. The largest absolute Gasteiger partial charge is 0.491 e. The fourth-order valence-electron chi connectivity index (χ4n) is 2.09. The molecule has 0 saturated carbocycles. The first-order chi connectivity index (χ1) is 12.4. The van der Waals surface area contributed by atoms with Gasteiger partial charge in [0, 0.05) is 13.0 Å². The fraction of sp³-hybridized carbons (Fsp3) is 0.529. The van der Waals surface area contributed by atoms with E-state index >= 15 is 0 Å². The number of ether oxygens (including phenoxy) is 1. The van der Waals surface area contributed by atoms with Crippen LogP contribution in [0.3, 0.4) is 0 Å². The number of hydrogen-bond donors (Lipinski definition) is 1. The minimum absolute atomic E-state index is 0.0462. The summed E-state index contributed by atoms with van der Waals surface area (Å²) in [7, 11) is 4.77. The quantitative estimate of drug-likeness (QED) is 0.515. The maximum Gasteiger partial charge on any atom is 0.464 e. The summed E-state index contributed by atoms with van der Waals surface area (Å²) in [5.41, 5.74) is -0.0462. The maximum absolute atomic E-state index is 12.4. The zero-order valence-corrected chi connectivity index (χ0v) is 15.5. The molecule has 1 aromatic rings. The van der Waals surface area contributed by atoms with Crippen molar-refractivity contribution in [3.8, 4) is 5.75 Å². The molecular weight excluding hydrogens is 369 g/mol. The summed E-state index contributed by atoms with van der Waals surface area (Å²) in [5, 5.41) is 9.11. The number of carbonyl (C=O) groups excluding carboxylic acids is 1. The molecule has 10 heteroatoms. The molecule has 0 atom stereocenters. The van der Waals surface area contributed by atoms with Gasteiger partial charge in [0.05, 0.1) is 6.54 Å². The van der Waals surface area contributed by atoms with E-state index in [2.05, 4.69) is 0 Å². The highest BCUT2D eigenvalue weighted by atomic mass is 19.4. The number of carbonyl (C=O) groups is 2. The maximum atomic E-state index is 12.4. The van der Waals surface area contributed by atoms with Crippen LogP contribution in [0.1, 0.15) is 23.2 Å². The van der Waals surface area contributed by atoms with Gasteiger partial charge >= 0.3 is 18.2 Å².